The van der Waals surface area contributed by atoms with Crippen LogP contribution >= 0.6 is 35.3 Å². The number of likely N-dealkylation sites (N-methyl/N-ethyl adjacent to an activating group) is 2. The van der Waals surface area contributed by atoms with E-state index >= 15 is 0 Å². The predicted molar refractivity (Wildman–Crippen MR) is 130 cm³/mol. The summed E-state index contributed by atoms with van der Waals surface area (Å²) in [7, 11) is 6.08. The van der Waals surface area contributed by atoms with E-state index in [9.17, 15) is 0 Å². The number of aliphatic imine (C=N–C) groups is 1. The van der Waals surface area contributed by atoms with E-state index in [4.69, 9.17) is 0 Å². The molecule has 8 heteroatoms. The van der Waals surface area contributed by atoms with Gasteiger partial charge in [-0.15, -0.1) is 35.3 Å². The smallest absolute Gasteiger partial charge is 0.193 e. The Morgan fingerprint density at radius 1 is 1.25 bits per heavy atom. The first-order valence-corrected chi connectivity index (χ1v) is 10.4. The van der Waals surface area contributed by atoms with Crippen LogP contribution in [0.5, 0.6) is 0 Å². The third-order valence-corrected chi connectivity index (χ3v) is 5.87. The number of piperazine rings is 1. The molecule has 2 aromatic heterocycles. The zero-order valence-corrected chi connectivity index (χ0v) is 20.1. The second-order valence-electron chi connectivity index (χ2n) is 6.97. The van der Waals surface area contributed by atoms with E-state index in [1.165, 1.54) is 10.4 Å². The molecule has 1 fully saturated rings. The fraction of sp³-hybridized carbons (Fsp3) is 0.500. The van der Waals surface area contributed by atoms with Crippen molar-refractivity contribution in [2.75, 3.05) is 58.8 Å². The van der Waals surface area contributed by atoms with Crippen molar-refractivity contribution < 1.29 is 0 Å². The summed E-state index contributed by atoms with van der Waals surface area (Å²) in [5.41, 5.74) is 1.17. The van der Waals surface area contributed by atoms with Crippen molar-refractivity contribution in [3.8, 4) is 0 Å². The Bertz CT molecular complexity index is 711. The summed E-state index contributed by atoms with van der Waals surface area (Å²) in [6, 6.07) is 8.58. The Kier molecular flexibility index (Phi) is 9.46. The van der Waals surface area contributed by atoms with Crippen LogP contribution in [0.4, 0.5) is 5.82 Å². The maximum atomic E-state index is 4.66. The fourth-order valence-electron chi connectivity index (χ4n) is 3.15. The summed E-state index contributed by atoms with van der Waals surface area (Å²) in [6.45, 7) is 5.95. The molecule has 1 saturated heterocycles. The predicted octanol–water partition coefficient (Wildman–Crippen LogP) is 2.76. The Morgan fingerprint density at radius 3 is 2.64 bits per heavy atom. The number of hydrogen-bond donors (Lipinski definition) is 1. The summed E-state index contributed by atoms with van der Waals surface area (Å²) < 4.78 is 0. The Balaban J connectivity index is 0.00000280. The van der Waals surface area contributed by atoms with Gasteiger partial charge in [-0.2, -0.15) is 0 Å². The molecule has 0 radical (unpaired) electrons. The van der Waals surface area contributed by atoms with Crippen LogP contribution in [0.3, 0.4) is 0 Å². The van der Waals surface area contributed by atoms with Crippen LogP contribution in [0.2, 0.25) is 0 Å². The van der Waals surface area contributed by atoms with Crippen molar-refractivity contribution >= 4 is 47.1 Å². The van der Waals surface area contributed by atoms with Crippen LogP contribution in [0, 0.1) is 0 Å². The molecule has 3 rings (SSSR count). The topological polar surface area (TPSA) is 47.0 Å². The minimum atomic E-state index is 0. The molecule has 1 aliphatic rings. The third kappa shape index (κ3) is 6.59. The van der Waals surface area contributed by atoms with Gasteiger partial charge in [-0.3, -0.25) is 4.99 Å². The molecular weight excluding hydrogens is 483 g/mol. The summed E-state index contributed by atoms with van der Waals surface area (Å²) in [5.74, 6) is 1.99. The van der Waals surface area contributed by atoms with Crippen molar-refractivity contribution in [2.45, 2.75) is 13.0 Å². The number of guanidine groups is 1. The molecule has 0 aliphatic carbocycles. The number of thiophene rings is 1. The van der Waals surface area contributed by atoms with Crippen LogP contribution in [-0.4, -0.2) is 74.6 Å². The van der Waals surface area contributed by atoms with Gasteiger partial charge in [0.25, 0.3) is 0 Å². The molecular formula is C20H31IN6S. The maximum Gasteiger partial charge on any atom is 0.193 e. The second kappa shape index (κ2) is 11.6. The molecule has 6 nitrogen and oxygen atoms in total. The molecule has 1 aliphatic heterocycles. The van der Waals surface area contributed by atoms with Gasteiger partial charge in [0, 0.05) is 64.4 Å². The molecule has 0 bridgehead atoms. The summed E-state index contributed by atoms with van der Waals surface area (Å²) >= 11 is 1.81. The standard InChI is InChI=1S/C20H30N6S.HI/c1-21-20(25(3)9-8-18-5-4-14-27-18)23-16-17-6-7-19(22-15-17)26-12-10-24(2)11-13-26;/h4-7,14-15H,8-13,16H2,1-3H3,(H,21,23);1H. The van der Waals surface area contributed by atoms with Gasteiger partial charge >= 0.3 is 0 Å². The minimum absolute atomic E-state index is 0. The minimum Gasteiger partial charge on any atom is -0.354 e. The molecule has 0 amide bonds. The zero-order valence-electron chi connectivity index (χ0n) is 17.0. The fourth-order valence-corrected chi connectivity index (χ4v) is 3.85. The molecule has 0 atom stereocenters. The molecule has 154 valence electrons. The molecule has 2 aromatic rings. The molecule has 0 saturated carbocycles. The van der Waals surface area contributed by atoms with Crippen molar-refractivity contribution in [3.05, 3.63) is 46.3 Å². The molecule has 1 N–H and O–H groups in total. The van der Waals surface area contributed by atoms with Crippen molar-refractivity contribution in [1.29, 1.82) is 0 Å². The lowest BCUT2D eigenvalue weighted by Crippen LogP contribution is -2.44. The highest BCUT2D eigenvalue weighted by atomic mass is 127. The van der Waals surface area contributed by atoms with Gasteiger partial charge in [0.15, 0.2) is 5.96 Å². The Labute approximate surface area is 189 Å². The van der Waals surface area contributed by atoms with Crippen LogP contribution in [0.1, 0.15) is 10.4 Å². The Hall–Kier alpha value is -1.39. The van der Waals surface area contributed by atoms with E-state index in [-0.39, 0.29) is 24.0 Å². The van der Waals surface area contributed by atoms with E-state index in [1.807, 2.05) is 13.2 Å². The van der Waals surface area contributed by atoms with E-state index in [0.29, 0.717) is 0 Å². The van der Waals surface area contributed by atoms with Gasteiger partial charge in [0.05, 0.1) is 0 Å². The number of anilines is 1. The normalized spacial score (nSPS) is 15.2. The van der Waals surface area contributed by atoms with Gasteiger partial charge in [-0.1, -0.05) is 12.1 Å². The van der Waals surface area contributed by atoms with Crippen LogP contribution in [-0.2, 0) is 13.0 Å². The number of aromatic nitrogens is 1. The lowest BCUT2D eigenvalue weighted by atomic mass is 10.2. The number of nitrogens with zero attached hydrogens (tertiary/aromatic N) is 5. The van der Waals surface area contributed by atoms with Crippen LogP contribution in [0.25, 0.3) is 0 Å². The number of rotatable bonds is 6. The highest BCUT2D eigenvalue weighted by Gasteiger charge is 2.15. The van der Waals surface area contributed by atoms with Crippen molar-refractivity contribution in [1.82, 2.24) is 20.1 Å². The van der Waals surface area contributed by atoms with Crippen LogP contribution < -0.4 is 10.2 Å². The monoisotopic (exact) mass is 514 g/mol. The molecule has 28 heavy (non-hydrogen) atoms. The molecule has 3 heterocycles. The van der Waals surface area contributed by atoms with Crippen molar-refractivity contribution in [2.24, 2.45) is 4.99 Å². The summed E-state index contributed by atoms with van der Waals surface area (Å²) in [4.78, 5) is 17.4. The van der Waals surface area contributed by atoms with E-state index in [0.717, 1.165) is 57.5 Å². The van der Waals surface area contributed by atoms with Gasteiger partial charge in [0.2, 0.25) is 0 Å². The van der Waals surface area contributed by atoms with E-state index in [2.05, 4.69) is 73.7 Å². The van der Waals surface area contributed by atoms with Gasteiger partial charge in [0.1, 0.15) is 5.82 Å². The maximum absolute atomic E-state index is 4.66. The molecule has 0 aromatic carbocycles. The highest BCUT2D eigenvalue weighted by Crippen LogP contribution is 2.14. The Morgan fingerprint density at radius 2 is 2.04 bits per heavy atom. The molecule has 0 spiro atoms. The quantitative estimate of drug-likeness (QED) is 0.365. The summed E-state index contributed by atoms with van der Waals surface area (Å²) in [5, 5.41) is 5.57. The first-order chi connectivity index (χ1) is 13.2. The third-order valence-electron chi connectivity index (χ3n) is 4.93. The number of pyridine rings is 1. The number of hydrogen-bond acceptors (Lipinski definition) is 5. The lowest BCUT2D eigenvalue weighted by Gasteiger charge is -2.33. The van der Waals surface area contributed by atoms with Gasteiger partial charge in [-0.25, -0.2) is 4.98 Å². The first kappa shape index (κ1) is 22.9. The molecule has 0 unspecified atom stereocenters. The van der Waals surface area contributed by atoms with Crippen LogP contribution in [0.15, 0.2) is 40.8 Å². The first-order valence-electron chi connectivity index (χ1n) is 9.48. The highest BCUT2D eigenvalue weighted by molar-refractivity contribution is 14.0. The van der Waals surface area contributed by atoms with Gasteiger partial charge in [-0.05, 0) is 36.5 Å². The SMILES string of the molecule is CN=C(NCc1ccc(N2CCN(C)CC2)nc1)N(C)CCc1cccs1.I. The van der Waals surface area contributed by atoms with E-state index < -0.39 is 0 Å². The van der Waals surface area contributed by atoms with Crippen molar-refractivity contribution in [3.63, 3.8) is 0 Å². The number of halogens is 1. The largest absolute Gasteiger partial charge is 0.354 e. The average Bonchev–Trinajstić information content (AvgIpc) is 3.22. The zero-order chi connectivity index (χ0) is 19.1. The second-order valence-corrected chi connectivity index (χ2v) is 8.00. The average molecular weight is 514 g/mol. The lowest BCUT2D eigenvalue weighted by molar-refractivity contribution is 0.312. The van der Waals surface area contributed by atoms with E-state index in [1.54, 1.807) is 11.3 Å². The number of nitrogens with one attached hydrogen (secondary N) is 1. The van der Waals surface area contributed by atoms with Gasteiger partial charge < -0.3 is 20.0 Å². The summed E-state index contributed by atoms with van der Waals surface area (Å²) in [6.07, 6.45) is 3.01.